The molecule has 4 aromatic rings. The molecule has 160 valence electrons. The van der Waals surface area contributed by atoms with E-state index in [-0.39, 0.29) is 17.5 Å². The number of nitrogens with zero attached hydrogens (tertiary/aromatic N) is 3. The number of halogens is 2. The van der Waals surface area contributed by atoms with E-state index < -0.39 is 0 Å². The molecule has 0 radical (unpaired) electrons. The first-order valence-electron chi connectivity index (χ1n) is 10.6. The number of piperazine rings is 1. The van der Waals surface area contributed by atoms with Gasteiger partial charge < -0.3 is 9.80 Å². The van der Waals surface area contributed by atoms with E-state index in [0.717, 1.165) is 5.39 Å². The normalized spacial score (nSPS) is 14.1. The van der Waals surface area contributed by atoms with Crippen LogP contribution < -0.4 is 4.90 Å². The first kappa shape index (κ1) is 20.1. The number of fused-ring (bicyclic) bond motifs is 1. The average Bonchev–Trinajstić information content (AvgIpc) is 2.84. The van der Waals surface area contributed by atoms with Gasteiger partial charge in [-0.15, -0.1) is 0 Å². The Kier molecular flexibility index (Phi) is 5.27. The molecule has 4 nitrogen and oxygen atoms in total. The molecule has 6 heteroatoms. The van der Waals surface area contributed by atoms with Crippen LogP contribution in [-0.2, 0) is 0 Å². The first-order valence-corrected chi connectivity index (χ1v) is 10.6. The number of benzene rings is 3. The van der Waals surface area contributed by atoms with E-state index >= 15 is 0 Å². The summed E-state index contributed by atoms with van der Waals surface area (Å²) < 4.78 is 28.6. The van der Waals surface area contributed by atoms with Gasteiger partial charge in [-0.2, -0.15) is 0 Å². The van der Waals surface area contributed by atoms with Crippen molar-refractivity contribution in [1.82, 2.24) is 9.88 Å². The third-order valence-electron chi connectivity index (χ3n) is 5.86. The van der Waals surface area contributed by atoms with Crippen molar-refractivity contribution in [3.05, 3.63) is 96.1 Å². The molecular formula is C26H21F2N3O. The van der Waals surface area contributed by atoms with Gasteiger partial charge in [-0.3, -0.25) is 4.79 Å². The Morgan fingerprint density at radius 1 is 0.781 bits per heavy atom. The highest BCUT2D eigenvalue weighted by Gasteiger charge is 2.25. The molecule has 0 saturated carbocycles. The summed E-state index contributed by atoms with van der Waals surface area (Å²) in [6, 6.07) is 22.2. The Bertz CT molecular complexity index is 1300. The summed E-state index contributed by atoms with van der Waals surface area (Å²) in [5.74, 6) is -0.775. The Balaban J connectivity index is 1.46. The molecule has 0 spiro atoms. The molecule has 3 aromatic carbocycles. The number of carbonyl (C=O) groups excluding carboxylic acids is 1. The molecule has 1 aromatic heterocycles. The molecule has 1 aliphatic heterocycles. The summed E-state index contributed by atoms with van der Waals surface area (Å²) in [5, 5.41) is 0.731. The topological polar surface area (TPSA) is 36.4 Å². The molecule has 0 N–H and O–H groups in total. The van der Waals surface area contributed by atoms with Gasteiger partial charge in [-0.05, 0) is 36.4 Å². The number of rotatable bonds is 3. The van der Waals surface area contributed by atoms with Gasteiger partial charge in [-0.1, -0.05) is 42.5 Å². The number of amides is 1. The predicted octanol–water partition coefficient (Wildman–Crippen LogP) is 5.14. The van der Waals surface area contributed by atoms with Crippen LogP contribution in [0.3, 0.4) is 0 Å². The van der Waals surface area contributed by atoms with Crippen molar-refractivity contribution in [2.24, 2.45) is 0 Å². The fraction of sp³-hybridized carbons (Fsp3) is 0.154. The van der Waals surface area contributed by atoms with Gasteiger partial charge in [0.2, 0.25) is 0 Å². The van der Waals surface area contributed by atoms with E-state index in [1.807, 2.05) is 35.2 Å². The minimum atomic E-state index is -0.382. The quantitative estimate of drug-likeness (QED) is 0.452. The lowest BCUT2D eigenvalue weighted by Gasteiger charge is -2.36. The molecule has 0 atom stereocenters. The zero-order valence-corrected chi connectivity index (χ0v) is 17.3. The van der Waals surface area contributed by atoms with E-state index in [1.165, 1.54) is 12.1 Å². The third kappa shape index (κ3) is 3.68. The van der Waals surface area contributed by atoms with E-state index in [0.29, 0.717) is 54.2 Å². The van der Waals surface area contributed by atoms with Crippen molar-refractivity contribution in [1.29, 1.82) is 0 Å². The van der Waals surface area contributed by atoms with Crippen LogP contribution in [0.25, 0.3) is 22.2 Å². The van der Waals surface area contributed by atoms with Crippen LogP contribution in [0.2, 0.25) is 0 Å². The molecule has 32 heavy (non-hydrogen) atoms. The summed E-state index contributed by atoms with van der Waals surface area (Å²) in [6.45, 7) is 2.02. The van der Waals surface area contributed by atoms with Crippen molar-refractivity contribution in [2.75, 3.05) is 31.1 Å². The number of hydrogen-bond acceptors (Lipinski definition) is 3. The Hall–Kier alpha value is -3.80. The Labute approximate surface area is 184 Å². The second-order valence-corrected chi connectivity index (χ2v) is 7.78. The van der Waals surface area contributed by atoms with Crippen LogP contribution in [0.15, 0.2) is 78.9 Å². The number of carbonyl (C=O) groups is 1. The minimum Gasteiger partial charge on any atom is -0.366 e. The second-order valence-electron chi connectivity index (χ2n) is 7.78. The summed E-state index contributed by atoms with van der Waals surface area (Å²) >= 11 is 0. The SMILES string of the molecule is O=C(c1cc(-c2ccccc2F)nc2ccccc12)N1CCN(c2ccccc2F)CC1. The zero-order chi connectivity index (χ0) is 22.1. The van der Waals surface area contributed by atoms with Crippen molar-refractivity contribution < 1.29 is 13.6 Å². The van der Waals surface area contributed by atoms with Gasteiger partial charge in [0.05, 0.1) is 22.5 Å². The molecule has 0 unspecified atom stereocenters. The van der Waals surface area contributed by atoms with Crippen molar-refractivity contribution in [2.45, 2.75) is 0 Å². The third-order valence-corrected chi connectivity index (χ3v) is 5.86. The second kappa shape index (κ2) is 8.38. The zero-order valence-electron chi connectivity index (χ0n) is 17.3. The van der Waals surface area contributed by atoms with Crippen molar-refractivity contribution >= 4 is 22.5 Å². The smallest absolute Gasteiger partial charge is 0.254 e. The molecule has 1 aliphatic rings. The maximum absolute atomic E-state index is 14.4. The number of hydrogen-bond donors (Lipinski definition) is 0. The summed E-state index contributed by atoms with van der Waals surface area (Å²) in [6.07, 6.45) is 0. The van der Waals surface area contributed by atoms with Gasteiger partial charge in [0, 0.05) is 37.1 Å². The number of aromatic nitrogens is 1. The van der Waals surface area contributed by atoms with Crippen molar-refractivity contribution in [3.63, 3.8) is 0 Å². The van der Waals surface area contributed by atoms with Gasteiger partial charge in [0.25, 0.3) is 5.91 Å². The van der Waals surface area contributed by atoms with E-state index in [1.54, 1.807) is 41.3 Å². The molecule has 1 amide bonds. The largest absolute Gasteiger partial charge is 0.366 e. The molecule has 0 aliphatic carbocycles. The molecule has 0 bridgehead atoms. The fourth-order valence-electron chi connectivity index (χ4n) is 4.19. The van der Waals surface area contributed by atoms with Crippen LogP contribution in [0.4, 0.5) is 14.5 Å². The van der Waals surface area contributed by atoms with Gasteiger partial charge >= 0.3 is 0 Å². The lowest BCUT2D eigenvalue weighted by molar-refractivity contribution is 0.0748. The molecule has 2 heterocycles. The molecule has 1 saturated heterocycles. The molecular weight excluding hydrogens is 408 g/mol. The number of anilines is 1. The lowest BCUT2D eigenvalue weighted by Crippen LogP contribution is -2.49. The van der Waals surface area contributed by atoms with Gasteiger partial charge in [0.1, 0.15) is 11.6 Å². The highest BCUT2D eigenvalue weighted by Crippen LogP contribution is 2.28. The van der Waals surface area contributed by atoms with E-state index in [2.05, 4.69) is 4.98 Å². The number of pyridine rings is 1. The monoisotopic (exact) mass is 429 g/mol. The van der Waals surface area contributed by atoms with E-state index in [4.69, 9.17) is 0 Å². The molecule has 1 fully saturated rings. The van der Waals surface area contributed by atoms with Gasteiger partial charge in [0.15, 0.2) is 0 Å². The molecule has 5 rings (SSSR count). The fourth-order valence-corrected chi connectivity index (χ4v) is 4.19. The van der Waals surface area contributed by atoms with Gasteiger partial charge in [-0.25, -0.2) is 13.8 Å². The van der Waals surface area contributed by atoms with Crippen LogP contribution in [0, 0.1) is 11.6 Å². The standard InChI is InChI=1S/C26H21F2N3O/c27-21-9-3-1-8-19(21)24-17-20(18-7-2-5-11-23(18)29-24)26(32)31-15-13-30(14-16-31)25-12-6-4-10-22(25)28/h1-12,17H,13-16H2. The van der Waals surface area contributed by atoms with E-state index in [9.17, 15) is 13.6 Å². The predicted molar refractivity (Wildman–Crippen MR) is 122 cm³/mol. The lowest BCUT2D eigenvalue weighted by atomic mass is 10.0. The highest BCUT2D eigenvalue weighted by molar-refractivity contribution is 6.07. The maximum atomic E-state index is 14.4. The summed E-state index contributed by atoms with van der Waals surface area (Å²) in [7, 11) is 0. The summed E-state index contributed by atoms with van der Waals surface area (Å²) in [5.41, 5.74) is 2.47. The average molecular weight is 429 g/mol. The minimum absolute atomic E-state index is 0.130. The Morgan fingerprint density at radius 3 is 2.19 bits per heavy atom. The van der Waals surface area contributed by atoms with Crippen LogP contribution >= 0.6 is 0 Å². The maximum Gasteiger partial charge on any atom is 0.254 e. The Morgan fingerprint density at radius 2 is 1.44 bits per heavy atom. The first-order chi connectivity index (χ1) is 15.6. The van der Waals surface area contributed by atoms with Crippen LogP contribution in [0.5, 0.6) is 0 Å². The highest BCUT2D eigenvalue weighted by atomic mass is 19.1. The number of para-hydroxylation sites is 2. The van der Waals surface area contributed by atoms with Crippen LogP contribution in [0.1, 0.15) is 10.4 Å². The van der Waals surface area contributed by atoms with Crippen LogP contribution in [-0.4, -0.2) is 42.0 Å². The van der Waals surface area contributed by atoms with Crippen molar-refractivity contribution in [3.8, 4) is 11.3 Å². The summed E-state index contributed by atoms with van der Waals surface area (Å²) in [4.78, 5) is 21.8.